The van der Waals surface area contributed by atoms with E-state index >= 15 is 0 Å². The number of nitrogens with one attached hydrogen (secondary N) is 2. The van der Waals surface area contributed by atoms with Crippen molar-refractivity contribution in [2.75, 3.05) is 28.0 Å². The van der Waals surface area contributed by atoms with Crippen LogP contribution in [-0.2, 0) is 10.0 Å². The van der Waals surface area contributed by atoms with Crippen molar-refractivity contribution in [1.82, 2.24) is 0 Å². The molecule has 0 radical (unpaired) electrons. The number of hydrogen-bond acceptors (Lipinski definition) is 4. The van der Waals surface area contributed by atoms with Gasteiger partial charge in [-0.25, -0.2) is 12.8 Å². The van der Waals surface area contributed by atoms with Gasteiger partial charge in [-0.2, -0.15) is 0 Å². The monoisotopic (exact) mass is 467 g/mol. The van der Waals surface area contributed by atoms with Crippen LogP contribution in [0.5, 0.6) is 0 Å². The van der Waals surface area contributed by atoms with E-state index < -0.39 is 15.8 Å². The van der Waals surface area contributed by atoms with E-state index in [1.54, 1.807) is 12.1 Å². The molecule has 1 aliphatic heterocycles. The molecule has 0 bridgehead atoms. The number of benzene rings is 3. The number of anilines is 3. The van der Waals surface area contributed by atoms with Crippen molar-refractivity contribution in [3.8, 4) is 0 Å². The van der Waals surface area contributed by atoms with Crippen LogP contribution in [0.1, 0.15) is 35.2 Å². The quantitative estimate of drug-likeness (QED) is 0.524. The summed E-state index contributed by atoms with van der Waals surface area (Å²) in [6.45, 7) is 3.54. The lowest BCUT2D eigenvalue weighted by molar-refractivity contribution is 0.102. The molecule has 0 aliphatic carbocycles. The highest BCUT2D eigenvalue weighted by atomic mass is 32.2. The maximum atomic E-state index is 13.5. The Bertz CT molecular complexity index is 1250. The van der Waals surface area contributed by atoms with Gasteiger partial charge in [-0.1, -0.05) is 6.07 Å². The van der Waals surface area contributed by atoms with E-state index in [1.165, 1.54) is 50.5 Å². The van der Waals surface area contributed by atoms with Gasteiger partial charge >= 0.3 is 0 Å². The summed E-state index contributed by atoms with van der Waals surface area (Å²) in [5.74, 6) is -0.750. The molecule has 1 heterocycles. The molecule has 1 fully saturated rings. The highest BCUT2D eigenvalue weighted by Crippen LogP contribution is 2.24. The summed E-state index contributed by atoms with van der Waals surface area (Å²) in [5, 5.41) is 2.90. The second kappa shape index (κ2) is 9.62. The number of sulfonamides is 1. The normalized spacial score (nSPS) is 14.1. The largest absolute Gasteiger partial charge is 0.371 e. The van der Waals surface area contributed by atoms with Crippen molar-refractivity contribution >= 4 is 33.0 Å². The molecule has 1 saturated heterocycles. The minimum absolute atomic E-state index is 0.0307. The lowest BCUT2D eigenvalue weighted by Gasteiger charge is -2.29. The van der Waals surface area contributed by atoms with Crippen LogP contribution in [0.25, 0.3) is 0 Å². The summed E-state index contributed by atoms with van der Waals surface area (Å²) < 4.78 is 41.0. The van der Waals surface area contributed by atoms with Gasteiger partial charge in [-0.3, -0.25) is 9.52 Å². The van der Waals surface area contributed by atoms with Gasteiger partial charge in [0.25, 0.3) is 15.9 Å². The Labute approximate surface area is 193 Å². The predicted molar refractivity (Wildman–Crippen MR) is 129 cm³/mol. The van der Waals surface area contributed by atoms with Crippen molar-refractivity contribution in [2.24, 2.45) is 0 Å². The smallest absolute Gasteiger partial charge is 0.261 e. The molecule has 0 unspecified atom stereocenters. The maximum Gasteiger partial charge on any atom is 0.261 e. The summed E-state index contributed by atoms with van der Waals surface area (Å²) in [5.41, 5.74) is 2.75. The number of carbonyl (C=O) groups is 1. The molecule has 0 aromatic heterocycles. The fraction of sp³-hybridized carbons (Fsp3) is 0.240. The van der Waals surface area contributed by atoms with Gasteiger partial charge in [-0.15, -0.1) is 0 Å². The van der Waals surface area contributed by atoms with Crippen LogP contribution in [-0.4, -0.2) is 27.4 Å². The first-order valence-corrected chi connectivity index (χ1v) is 12.4. The number of hydrogen-bond donors (Lipinski definition) is 2. The highest BCUT2D eigenvalue weighted by Gasteiger charge is 2.16. The van der Waals surface area contributed by atoms with Crippen LogP contribution in [0.15, 0.2) is 71.6 Å². The lowest BCUT2D eigenvalue weighted by atomic mass is 10.1. The number of halogens is 1. The fourth-order valence-electron chi connectivity index (χ4n) is 3.82. The van der Waals surface area contributed by atoms with Crippen molar-refractivity contribution < 1.29 is 17.6 Å². The molecule has 0 atom stereocenters. The van der Waals surface area contributed by atoms with E-state index in [4.69, 9.17) is 0 Å². The predicted octanol–water partition coefficient (Wildman–Crippen LogP) is 5.18. The standard InChI is InChI=1S/C25H26FN3O3S/c1-18-16-23(12-13-24(18)26)33(31,32)28-20-10-8-19(9-11-20)25(30)27-21-6-5-7-22(17-21)29-14-3-2-4-15-29/h5-13,16-17,28H,2-4,14-15H2,1H3,(H,27,30). The molecule has 0 spiro atoms. The Kier molecular flexibility index (Phi) is 6.65. The molecule has 1 amide bonds. The van der Waals surface area contributed by atoms with Gasteiger partial charge in [0.1, 0.15) is 5.82 Å². The van der Waals surface area contributed by atoms with E-state index in [-0.39, 0.29) is 16.4 Å². The van der Waals surface area contributed by atoms with Crippen molar-refractivity contribution in [1.29, 1.82) is 0 Å². The van der Waals surface area contributed by atoms with Crippen LogP contribution in [0.2, 0.25) is 0 Å². The van der Waals surface area contributed by atoms with Gasteiger partial charge in [0, 0.05) is 35.7 Å². The van der Waals surface area contributed by atoms with Crippen molar-refractivity contribution in [2.45, 2.75) is 31.1 Å². The van der Waals surface area contributed by atoms with Gasteiger partial charge in [0.05, 0.1) is 4.90 Å². The Morgan fingerprint density at radius 2 is 1.64 bits per heavy atom. The van der Waals surface area contributed by atoms with Gasteiger partial charge in [0.2, 0.25) is 0 Å². The third-order valence-electron chi connectivity index (χ3n) is 5.66. The summed E-state index contributed by atoms with van der Waals surface area (Å²) >= 11 is 0. The molecule has 2 N–H and O–H groups in total. The van der Waals surface area contributed by atoms with Crippen LogP contribution >= 0.6 is 0 Å². The zero-order chi connectivity index (χ0) is 23.4. The van der Waals surface area contributed by atoms with Crippen molar-refractivity contribution in [3.63, 3.8) is 0 Å². The van der Waals surface area contributed by atoms with E-state index in [0.29, 0.717) is 16.9 Å². The number of amides is 1. The first-order chi connectivity index (χ1) is 15.8. The Morgan fingerprint density at radius 3 is 2.33 bits per heavy atom. The Hall–Kier alpha value is -3.39. The zero-order valence-electron chi connectivity index (χ0n) is 18.3. The zero-order valence-corrected chi connectivity index (χ0v) is 19.2. The van der Waals surface area contributed by atoms with E-state index in [0.717, 1.165) is 24.8 Å². The second-order valence-corrected chi connectivity index (χ2v) is 9.83. The SMILES string of the molecule is Cc1cc(S(=O)(=O)Nc2ccc(C(=O)Nc3cccc(N4CCCCC4)c3)cc2)ccc1F. The lowest BCUT2D eigenvalue weighted by Crippen LogP contribution is -2.29. The molecular weight excluding hydrogens is 441 g/mol. The van der Waals surface area contributed by atoms with Gasteiger partial charge in [0.15, 0.2) is 0 Å². The second-order valence-electron chi connectivity index (χ2n) is 8.15. The van der Waals surface area contributed by atoms with E-state index in [2.05, 4.69) is 14.9 Å². The van der Waals surface area contributed by atoms with Gasteiger partial charge < -0.3 is 10.2 Å². The fourth-order valence-corrected chi connectivity index (χ4v) is 4.97. The van der Waals surface area contributed by atoms with Gasteiger partial charge in [-0.05, 0) is 92.4 Å². The molecule has 1 aliphatic rings. The number of nitrogens with zero attached hydrogens (tertiary/aromatic N) is 1. The molecule has 3 aromatic carbocycles. The van der Waals surface area contributed by atoms with Crippen molar-refractivity contribution in [3.05, 3.63) is 83.7 Å². The first kappa shape index (κ1) is 22.8. The van der Waals surface area contributed by atoms with Crippen LogP contribution in [0, 0.1) is 12.7 Å². The molecule has 4 rings (SSSR count). The molecular formula is C25H26FN3O3S. The Morgan fingerprint density at radius 1 is 0.909 bits per heavy atom. The minimum atomic E-state index is -3.87. The van der Waals surface area contributed by atoms with E-state index in [9.17, 15) is 17.6 Å². The summed E-state index contributed by atoms with van der Waals surface area (Å²) in [6, 6.07) is 17.5. The molecule has 3 aromatic rings. The molecule has 8 heteroatoms. The summed E-state index contributed by atoms with van der Waals surface area (Å²) in [7, 11) is -3.87. The maximum absolute atomic E-state index is 13.5. The first-order valence-electron chi connectivity index (χ1n) is 10.9. The third-order valence-corrected chi connectivity index (χ3v) is 7.04. The summed E-state index contributed by atoms with van der Waals surface area (Å²) in [4.78, 5) is 15.0. The minimum Gasteiger partial charge on any atom is -0.371 e. The number of aryl methyl sites for hydroxylation is 1. The average Bonchev–Trinajstić information content (AvgIpc) is 2.82. The molecule has 33 heavy (non-hydrogen) atoms. The van der Waals surface area contributed by atoms with Crippen LogP contribution < -0.4 is 14.9 Å². The topological polar surface area (TPSA) is 78.5 Å². The molecule has 0 saturated carbocycles. The summed E-state index contributed by atoms with van der Waals surface area (Å²) in [6.07, 6.45) is 3.60. The Balaban J connectivity index is 1.42. The van der Waals surface area contributed by atoms with E-state index in [1.807, 2.05) is 24.3 Å². The molecule has 172 valence electrons. The van der Waals surface area contributed by atoms with Crippen LogP contribution in [0.4, 0.5) is 21.5 Å². The van der Waals surface area contributed by atoms with Crippen LogP contribution in [0.3, 0.4) is 0 Å². The average molecular weight is 468 g/mol. The molecule has 6 nitrogen and oxygen atoms in total. The number of carbonyl (C=O) groups excluding carboxylic acids is 1. The number of rotatable bonds is 6. The third kappa shape index (κ3) is 5.51. The highest BCUT2D eigenvalue weighted by molar-refractivity contribution is 7.92. The number of piperidine rings is 1.